The molecule has 4 aromatic rings. The standard InChI is InChI=1S/C25H24N4O4S/c1-17-14-15-19(16-22(17)27-34(32,33)21-12-8-5-9-13-21)24(30)26-23-18(2)28(3)29(25(23)31)20-10-6-4-7-11-20/h4-16,27H,1-3H3,(H,26,30). The molecule has 3 aromatic carbocycles. The van der Waals surface area contributed by atoms with Gasteiger partial charge in [0.1, 0.15) is 5.69 Å². The summed E-state index contributed by atoms with van der Waals surface area (Å²) in [7, 11) is -2.08. The van der Waals surface area contributed by atoms with E-state index in [1.807, 2.05) is 18.2 Å². The maximum Gasteiger partial charge on any atom is 0.295 e. The number of anilines is 2. The van der Waals surface area contributed by atoms with E-state index >= 15 is 0 Å². The van der Waals surface area contributed by atoms with E-state index in [0.29, 0.717) is 16.9 Å². The number of aryl methyl sites for hydroxylation is 1. The number of para-hydroxylation sites is 1. The van der Waals surface area contributed by atoms with Crippen LogP contribution in [0, 0.1) is 13.8 Å². The van der Waals surface area contributed by atoms with Crippen LogP contribution in [0.25, 0.3) is 5.69 Å². The molecule has 0 unspecified atom stereocenters. The molecule has 4 rings (SSSR count). The van der Waals surface area contributed by atoms with Crippen molar-refractivity contribution in [3.05, 3.63) is 106 Å². The SMILES string of the molecule is Cc1ccc(C(=O)Nc2c(C)n(C)n(-c3ccccc3)c2=O)cc1NS(=O)(=O)c1ccccc1. The minimum absolute atomic E-state index is 0.116. The number of nitrogens with zero attached hydrogens (tertiary/aromatic N) is 2. The van der Waals surface area contributed by atoms with Crippen molar-refractivity contribution in [3.8, 4) is 5.69 Å². The number of nitrogens with one attached hydrogen (secondary N) is 2. The average molecular weight is 477 g/mol. The van der Waals surface area contributed by atoms with Crippen LogP contribution in [0.1, 0.15) is 21.6 Å². The topological polar surface area (TPSA) is 102 Å². The van der Waals surface area contributed by atoms with Gasteiger partial charge in [0.25, 0.3) is 21.5 Å². The molecule has 1 heterocycles. The summed E-state index contributed by atoms with van der Waals surface area (Å²) in [6.45, 7) is 3.48. The molecule has 34 heavy (non-hydrogen) atoms. The molecular formula is C25H24N4O4S. The number of amides is 1. The second-order valence-corrected chi connectivity index (χ2v) is 9.52. The summed E-state index contributed by atoms with van der Waals surface area (Å²) >= 11 is 0. The second kappa shape index (κ2) is 9.03. The molecule has 1 aromatic heterocycles. The van der Waals surface area contributed by atoms with Gasteiger partial charge >= 0.3 is 0 Å². The van der Waals surface area contributed by atoms with Gasteiger partial charge in [-0.25, -0.2) is 13.1 Å². The van der Waals surface area contributed by atoms with Gasteiger partial charge in [-0.1, -0.05) is 42.5 Å². The lowest BCUT2D eigenvalue weighted by molar-refractivity contribution is 0.102. The maximum absolute atomic E-state index is 13.1. The summed E-state index contributed by atoms with van der Waals surface area (Å²) < 4.78 is 31.1. The van der Waals surface area contributed by atoms with E-state index in [9.17, 15) is 18.0 Å². The Bertz CT molecular complexity index is 1520. The van der Waals surface area contributed by atoms with Crippen molar-refractivity contribution < 1.29 is 13.2 Å². The van der Waals surface area contributed by atoms with Crippen molar-refractivity contribution in [1.82, 2.24) is 9.36 Å². The van der Waals surface area contributed by atoms with Gasteiger partial charge in [0.05, 0.1) is 22.0 Å². The molecule has 0 aliphatic carbocycles. The monoisotopic (exact) mass is 476 g/mol. The van der Waals surface area contributed by atoms with Gasteiger partial charge < -0.3 is 5.32 Å². The van der Waals surface area contributed by atoms with E-state index in [1.54, 1.807) is 68.0 Å². The van der Waals surface area contributed by atoms with E-state index < -0.39 is 15.9 Å². The number of sulfonamides is 1. The fraction of sp³-hybridized carbons (Fsp3) is 0.120. The zero-order chi connectivity index (χ0) is 24.5. The number of carbonyl (C=O) groups is 1. The van der Waals surface area contributed by atoms with Crippen molar-refractivity contribution in [1.29, 1.82) is 0 Å². The van der Waals surface area contributed by atoms with Crippen molar-refractivity contribution in [2.45, 2.75) is 18.7 Å². The Morgan fingerprint density at radius 3 is 2.15 bits per heavy atom. The molecule has 9 heteroatoms. The zero-order valence-corrected chi connectivity index (χ0v) is 19.8. The lowest BCUT2D eigenvalue weighted by Crippen LogP contribution is -2.23. The number of hydrogen-bond donors (Lipinski definition) is 2. The van der Waals surface area contributed by atoms with Crippen LogP contribution >= 0.6 is 0 Å². The Morgan fingerprint density at radius 1 is 0.882 bits per heavy atom. The molecule has 0 radical (unpaired) electrons. The minimum atomic E-state index is -3.82. The van der Waals surface area contributed by atoms with Crippen LogP contribution in [0.2, 0.25) is 0 Å². The average Bonchev–Trinajstić information content (AvgIpc) is 3.04. The highest BCUT2D eigenvalue weighted by Crippen LogP contribution is 2.22. The fourth-order valence-electron chi connectivity index (χ4n) is 3.57. The van der Waals surface area contributed by atoms with E-state index in [-0.39, 0.29) is 27.4 Å². The van der Waals surface area contributed by atoms with Gasteiger partial charge in [0.15, 0.2) is 0 Å². The van der Waals surface area contributed by atoms with Crippen molar-refractivity contribution >= 4 is 27.3 Å². The molecule has 0 fully saturated rings. The molecule has 0 bridgehead atoms. The van der Waals surface area contributed by atoms with Crippen LogP contribution in [0.15, 0.2) is 88.6 Å². The minimum Gasteiger partial charge on any atom is -0.316 e. The quantitative estimate of drug-likeness (QED) is 0.441. The predicted octanol–water partition coefficient (Wildman–Crippen LogP) is 3.85. The molecule has 1 amide bonds. The Kier molecular flexibility index (Phi) is 6.12. The van der Waals surface area contributed by atoms with E-state index in [4.69, 9.17) is 0 Å². The van der Waals surface area contributed by atoms with Crippen LogP contribution in [0.5, 0.6) is 0 Å². The Labute approximate surface area is 197 Å². The third kappa shape index (κ3) is 4.38. The van der Waals surface area contributed by atoms with Crippen LogP contribution in [-0.4, -0.2) is 23.7 Å². The van der Waals surface area contributed by atoms with E-state index in [0.717, 1.165) is 0 Å². The van der Waals surface area contributed by atoms with Crippen LogP contribution in [-0.2, 0) is 17.1 Å². The van der Waals surface area contributed by atoms with Gasteiger partial charge in [-0.05, 0) is 55.8 Å². The third-order valence-electron chi connectivity index (χ3n) is 5.59. The van der Waals surface area contributed by atoms with Crippen molar-refractivity contribution in [2.75, 3.05) is 10.0 Å². The van der Waals surface area contributed by atoms with Crippen LogP contribution in [0.3, 0.4) is 0 Å². The van der Waals surface area contributed by atoms with Crippen molar-refractivity contribution in [3.63, 3.8) is 0 Å². The molecule has 2 N–H and O–H groups in total. The first kappa shape index (κ1) is 23.1. The molecule has 0 aliphatic heterocycles. The first-order valence-corrected chi connectivity index (χ1v) is 12.0. The largest absolute Gasteiger partial charge is 0.316 e. The number of benzene rings is 3. The number of hydrogen-bond acceptors (Lipinski definition) is 4. The maximum atomic E-state index is 13.1. The first-order valence-electron chi connectivity index (χ1n) is 10.5. The smallest absolute Gasteiger partial charge is 0.295 e. The summed E-state index contributed by atoms with van der Waals surface area (Å²) in [6, 6.07) is 21.8. The molecule has 0 atom stereocenters. The summed E-state index contributed by atoms with van der Waals surface area (Å²) in [5.41, 5.74) is 2.19. The first-order chi connectivity index (χ1) is 16.2. The van der Waals surface area contributed by atoms with Gasteiger partial charge in [-0.3, -0.25) is 19.0 Å². The third-order valence-corrected chi connectivity index (χ3v) is 6.97. The molecular weight excluding hydrogens is 452 g/mol. The zero-order valence-electron chi connectivity index (χ0n) is 18.9. The van der Waals surface area contributed by atoms with Gasteiger partial charge in [-0.2, -0.15) is 0 Å². The highest BCUT2D eigenvalue weighted by Gasteiger charge is 2.20. The van der Waals surface area contributed by atoms with Gasteiger partial charge in [0, 0.05) is 12.6 Å². The van der Waals surface area contributed by atoms with Crippen molar-refractivity contribution in [2.24, 2.45) is 7.05 Å². The fourth-order valence-corrected chi connectivity index (χ4v) is 4.72. The Morgan fingerprint density at radius 2 is 1.50 bits per heavy atom. The summed E-state index contributed by atoms with van der Waals surface area (Å²) in [5.74, 6) is -0.522. The van der Waals surface area contributed by atoms with E-state index in [2.05, 4.69) is 10.0 Å². The van der Waals surface area contributed by atoms with E-state index in [1.165, 1.54) is 22.9 Å². The predicted molar refractivity (Wildman–Crippen MR) is 132 cm³/mol. The summed E-state index contributed by atoms with van der Waals surface area (Å²) in [4.78, 5) is 26.2. The molecule has 8 nitrogen and oxygen atoms in total. The van der Waals surface area contributed by atoms with Gasteiger partial charge in [0.2, 0.25) is 0 Å². The number of rotatable bonds is 6. The lowest BCUT2D eigenvalue weighted by atomic mass is 10.1. The van der Waals surface area contributed by atoms with Gasteiger partial charge in [-0.15, -0.1) is 0 Å². The molecule has 0 saturated heterocycles. The Hall–Kier alpha value is -4.11. The molecule has 0 spiro atoms. The summed E-state index contributed by atoms with van der Waals surface area (Å²) in [5, 5.41) is 2.70. The second-order valence-electron chi connectivity index (χ2n) is 7.84. The van der Waals surface area contributed by atoms with Crippen LogP contribution in [0.4, 0.5) is 11.4 Å². The number of aromatic nitrogens is 2. The number of carbonyl (C=O) groups excluding carboxylic acids is 1. The lowest BCUT2D eigenvalue weighted by Gasteiger charge is -2.12. The van der Waals surface area contributed by atoms with Crippen LogP contribution < -0.4 is 15.6 Å². The normalized spacial score (nSPS) is 11.3. The Balaban J connectivity index is 1.64. The highest BCUT2D eigenvalue weighted by atomic mass is 32.2. The molecule has 174 valence electrons. The summed E-state index contributed by atoms with van der Waals surface area (Å²) in [6.07, 6.45) is 0. The molecule has 0 saturated carbocycles. The highest BCUT2D eigenvalue weighted by molar-refractivity contribution is 7.92. The molecule has 0 aliphatic rings.